The molecular weight excluding hydrogens is 248 g/mol. The van der Waals surface area contributed by atoms with Crippen LogP contribution in [0, 0.1) is 11.8 Å². The van der Waals surface area contributed by atoms with Crippen LogP contribution in [0.2, 0.25) is 0 Å². The van der Waals surface area contributed by atoms with Crippen LogP contribution in [-0.4, -0.2) is 24.0 Å². The topological polar surface area (TPSA) is 28.4 Å². The van der Waals surface area contributed by atoms with E-state index in [0.717, 1.165) is 31.3 Å². The molecule has 0 radical (unpaired) electrons. The molecule has 0 bridgehead atoms. The third-order valence-corrected chi connectivity index (χ3v) is 4.30. The van der Waals surface area contributed by atoms with Gasteiger partial charge in [0, 0.05) is 24.7 Å². The van der Waals surface area contributed by atoms with Crippen molar-refractivity contribution in [3.63, 3.8) is 0 Å². The van der Waals surface area contributed by atoms with Crippen LogP contribution >= 0.6 is 0 Å². The SMILES string of the molecule is CC(C)CNCc1ccoc1CN1CC(C)CCC1C. The normalized spacial score (nSPS) is 24.4. The van der Waals surface area contributed by atoms with Gasteiger partial charge in [0.05, 0.1) is 12.8 Å². The zero-order valence-electron chi connectivity index (χ0n) is 13.5. The fourth-order valence-corrected chi connectivity index (χ4v) is 2.94. The maximum Gasteiger partial charge on any atom is 0.122 e. The number of rotatable bonds is 6. The lowest BCUT2D eigenvalue weighted by molar-refractivity contribution is 0.108. The van der Waals surface area contributed by atoms with Crippen molar-refractivity contribution >= 4 is 0 Å². The maximum atomic E-state index is 5.73. The highest BCUT2D eigenvalue weighted by Gasteiger charge is 2.24. The molecule has 2 atom stereocenters. The molecule has 2 unspecified atom stereocenters. The smallest absolute Gasteiger partial charge is 0.122 e. The Hall–Kier alpha value is -0.800. The van der Waals surface area contributed by atoms with Crippen LogP contribution in [0.5, 0.6) is 0 Å². The molecule has 1 aliphatic heterocycles. The fourth-order valence-electron chi connectivity index (χ4n) is 2.94. The van der Waals surface area contributed by atoms with Crippen molar-refractivity contribution in [3.8, 4) is 0 Å². The van der Waals surface area contributed by atoms with E-state index in [1.807, 2.05) is 6.26 Å². The summed E-state index contributed by atoms with van der Waals surface area (Å²) in [5, 5.41) is 3.51. The average Bonchev–Trinajstić information content (AvgIpc) is 2.81. The van der Waals surface area contributed by atoms with E-state index in [2.05, 4.69) is 44.0 Å². The van der Waals surface area contributed by atoms with E-state index in [9.17, 15) is 0 Å². The molecule has 3 nitrogen and oxygen atoms in total. The predicted octanol–water partition coefficient (Wildman–Crippen LogP) is 3.65. The molecule has 0 saturated carbocycles. The molecule has 1 aromatic rings. The number of piperidine rings is 1. The van der Waals surface area contributed by atoms with Gasteiger partial charge in [-0.1, -0.05) is 20.8 Å². The monoisotopic (exact) mass is 278 g/mol. The summed E-state index contributed by atoms with van der Waals surface area (Å²) in [6.45, 7) is 13.3. The lowest BCUT2D eigenvalue weighted by atomic mass is 9.95. The molecule has 2 heterocycles. The molecule has 0 aliphatic carbocycles. The molecule has 1 saturated heterocycles. The summed E-state index contributed by atoms with van der Waals surface area (Å²) in [6, 6.07) is 2.79. The summed E-state index contributed by atoms with van der Waals surface area (Å²) in [7, 11) is 0. The highest BCUT2D eigenvalue weighted by molar-refractivity contribution is 5.17. The van der Waals surface area contributed by atoms with E-state index in [1.54, 1.807) is 0 Å². The number of likely N-dealkylation sites (tertiary alicyclic amines) is 1. The Morgan fingerprint density at radius 1 is 1.35 bits per heavy atom. The lowest BCUT2D eigenvalue weighted by Crippen LogP contribution is -2.40. The lowest BCUT2D eigenvalue weighted by Gasteiger charge is -2.36. The summed E-state index contributed by atoms with van der Waals surface area (Å²) in [6.07, 6.45) is 4.50. The second-order valence-electron chi connectivity index (χ2n) is 6.85. The van der Waals surface area contributed by atoms with Crippen molar-refractivity contribution < 1.29 is 4.42 Å². The van der Waals surface area contributed by atoms with Crippen LogP contribution in [0.4, 0.5) is 0 Å². The molecule has 20 heavy (non-hydrogen) atoms. The van der Waals surface area contributed by atoms with Gasteiger partial charge in [0.15, 0.2) is 0 Å². The van der Waals surface area contributed by atoms with Crippen molar-refractivity contribution in [2.45, 2.75) is 59.7 Å². The first-order valence-corrected chi connectivity index (χ1v) is 8.06. The van der Waals surface area contributed by atoms with Crippen LogP contribution in [0.1, 0.15) is 51.9 Å². The highest BCUT2D eigenvalue weighted by atomic mass is 16.3. The van der Waals surface area contributed by atoms with E-state index in [0.29, 0.717) is 12.0 Å². The van der Waals surface area contributed by atoms with Gasteiger partial charge in [0.25, 0.3) is 0 Å². The molecular formula is C17H30N2O. The van der Waals surface area contributed by atoms with E-state index in [-0.39, 0.29) is 0 Å². The zero-order valence-corrected chi connectivity index (χ0v) is 13.5. The first kappa shape index (κ1) is 15.6. The van der Waals surface area contributed by atoms with Gasteiger partial charge in [-0.3, -0.25) is 4.90 Å². The van der Waals surface area contributed by atoms with Crippen molar-refractivity contribution in [1.82, 2.24) is 10.2 Å². The van der Waals surface area contributed by atoms with Crippen molar-refractivity contribution in [2.24, 2.45) is 11.8 Å². The van der Waals surface area contributed by atoms with E-state index >= 15 is 0 Å². The molecule has 1 fully saturated rings. The van der Waals surface area contributed by atoms with Crippen molar-refractivity contribution in [3.05, 3.63) is 23.7 Å². The summed E-state index contributed by atoms with van der Waals surface area (Å²) in [5.74, 6) is 2.64. The molecule has 1 aromatic heterocycles. The Balaban J connectivity index is 1.90. The molecule has 0 amide bonds. The second-order valence-corrected chi connectivity index (χ2v) is 6.85. The molecule has 0 spiro atoms. The zero-order chi connectivity index (χ0) is 14.5. The van der Waals surface area contributed by atoms with E-state index in [4.69, 9.17) is 4.42 Å². The molecule has 1 aliphatic rings. The van der Waals surface area contributed by atoms with Gasteiger partial charge in [0.2, 0.25) is 0 Å². The second kappa shape index (κ2) is 7.28. The van der Waals surface area contributed by atoms with Crippen LogP contribution in [0.25, 0.3) is 0 Å². The minimum atomic E-state index is 0.674. The Labute approximate surface area is 123 Å². The molecule has 1 N–H and O–H groups in total. The Kier molecular flexibility index (Phi) is 5.67. The summed E-state index contributed by atoms with van der Waals surface area (Å²) < 4.78 is 5.73. The van der Waals surface area contributed by atoms with Gasteiger partial charge < -0.3 is 9.73 Å². The Bertz CT molecular complexity index is 399. The number of hydrogen-bond acceptors (Lipinski definition) is 3. The maximum absolute atomic E-state index is 5.73. The summed E-state index contributed by atoms with van der Waals surface area (Å²) in [5.41, 5.74) is 1.32. The van der Waals surface area contributed by atoms with Gasteiger partial charge in [0.1, 0.15) is 5.76 Å². The number of nitrogens with one attached hydrogen (secondary N) is 1. The quantitative estimate of drug-likeness (QED) is 0.861. The van der Waals surface area contributed by atoms with Crippen LogP contribution in [0.3, 0.4) is 0 Å². The third kappa shape index (κ3) is 4.35. The van der Waals surface area contributed by atoms with Crippen molar-refractivity contribution in [1.29, 1.82) is 0 Å². The minimum Gasteiger partial charge on any atom is -0.468 e. The molecule has 0 aromatic carbocycles. The van der Waals surface area contributed by atoms with E-state index < -0.39 is 0 Å². The van der Waals surface area contributed by atoms with Gasteiger partial charge in [-0.05, 0) is 44.2 Å². The summed E-state index contributed by atoms with van der Waals surface area (Å²) >= 11 is 0. The molecule has 3 heteroatoms. The first-order chi connectivity index (χ1) is 9.56. The number of nitrogens with zero attached hydrogens (tertiary/aromatic N) is 1. The Morgan fingerprint density at radius 2 is 2.15 bits per heavy atom. The van der Waals surface area contributed by atoms with Gasteiger partial charge in [-0.2, -0.15) is 0 Å². The van der Waals surface area contributed by atoms with Crippen LogP contribution < -0.4 is 5.32 Å². The summed E-state index contributed by atoms with van der Waals surface area (Å²) in [4.78, 5) is 2.57. The highest BCUT2D eigenvalue weighted by Crippen LogP contribution is 2.24. The fraction of sp³-hybridized carbons (Fsp3) is 0.765. The minimum absolute atomic E-state index is 0.674. The van der Waals surface area contributed by atoms with Crippen LogP contribution in [-0.2, 0) is 13.1 Å². The standard InChI is InChI=1S/C17H30N2O/c1-13(2)9-18-10-16-7-8-20-17(16)12-19-11-14(3)5-6-15(19)4/h7-8,13-15,18H,5-6,9-12H2,1-4H3. The number of hydrogen-bond donors (Lipinski definition) is 1. The van der Waals surface area contributed by atoms with Gasteiger partial charge in [-0.15, -0.1) is 0 Å². The van der Waals surface area contributed by atoms with Gasteiger partial charge >= 0.3 is 0 Å². The third-order valence-electron chi connectivity index (χ3n) is 4.30. The first-order valence-electron chi connectivity index (χ1n) is 8.06. The molecule has 114 valence electrons. The van der Waals surface area contributed by atoms with Gasteiger partial charge in [-0.25, -0.2) is 0 Å². The largest absolute Gasteiger partial charge is 0.468 e. The Morgan fingerprint density at radius 3 is 2.90 bits per heavy atom. The van der Waals surface area contributed by atoms with Crippen LogP contribution in [0.15, 0.2) is 16.7 Å². The average molecular weight is 278 g/mol. The number of furan rings is 1. The predicted molar refractivity (Wildman–Crippen MR) is 83.5 cm³/mol. The van der Waals surface area contributed by atoms with E-state index in [1.165, 1.54) is 24.9 Å². The van der Waals surface area contributed by atoms with Crippen molar-refractivity contribution in [2.75, 3.05) is 13.1 Å². The molecule has 2 rings (SSSR count).